The molecule has 2 amide bonds. The molecule has 0 saturated carbocycles. The van der Waals surface area contributed by atoms with Gasteiger partial charge >= 0.3 is 0 Å². The van der Waals surface area contributed by atoms with Crippen LogP contribution in [0.4, 0.5) is 5.69 Å². The molecule has 1 aromatic heterocycles. The van der Waals surface area contributed by atoms with Gasteiger partial charge in [-0.2, -0.15) is 0 Å². The number of pyridine rings is 1. The Kier molecular flexibility index (Phi) is 5.52. The summed E-state index contributed by atoms with van der Waals surface area (Å²) in [5.74, 6) is -0.477. The summed E-state index contributed by atoms with van der Waals surface area (Å²) in [6, 6.07) is 2.78. The molecule has 1 aromatic rings. The molecule has 0 spiro atoms. The van der Waals surface area contributed by atoms with Crippen molar-refractivity contribution in [2.24, 2.45) is 0 Å². The summed E-state index contributed by atoms with van der Waals surface area (Å²) in [4.78, 5) is 34.8. The van der Waals surface area contributed by atoms with Crippen LogP contribution in [-0.2, 0) is 16.1 Å². The number of nitrogens with two attached hydrogens (primary N) is 1. The van der Waals surface area contributed by atoms with Gasteiger partial charge in [-0.25, -0.2) is 0 Å². The Morgan fingerprint density at radius 3 is 2.52 bits per heavy atom. The van der Waals surface area contributed by atoms with E-state index >= 15 is 0 Å². The van der Waals surface area contributed by atoms with Gasteiger partial charge in [0, 0.05) is 36.5 Å². The van der Waals surface area contributed by atoms with Crippen molar-refractivity contribution in [2.45, 2.75) is 39.3 Å². The molecule has 21 heavy (non-hydrogen) atoms. The van der Waals surface area contributed by atoms with Gasteiger partial charge in [-0.3, -0.25) is 14.4 Å². The first-order valence-corrected chi connectivity index (χ1v) is 6.71. The van der Waals surface area contributed by atoms with Crippen LogP contribution >= 0.6 is 0 Å². The number of carbonyl (C=O) groups excluding carboxylic acids is 2. The standard InChI is InChI=1S/C14H22N4O3/c1-14(2,3)17-11(19)6-7-16-12(20)9-18-8-10(15)4-5-13(18)21/h4-5,8H,6-7,9,15H2,1-3H3,(H,16,20)(H,17,19). The Morgan fingerprint density at radius 2 is 1.90 bits per heavy atom. The molecule has 1 rings (SSSR count). The number of carbonyl (C=O) groups is 2. The molecule has 4 N–H and O–H groups in total. The summed E-state index contributed by atoms with van der Waals surface area (Å²) in [6.07, 6.45) is 1.60. The fraction of sp³-hybridized carbons (Fsp3) is 0.500. The summed E-state index contributed by atoms with van der Waals surface area (Å²) in [6.45, 7) is 5.75. The molecular weight excluding hydrogens is 272 g/mol. The zero-order valence-electron chi connectivity index (χ0n) is 12.6. The number of nitrogen functional groups attached to an aromatic ring is 1. The maximum Gasteiger partial charge on any atom is 0.251 e. The highest BCUT2D eigenvalue weighted by Gasteiger charge is 2.13. The fourth-order valence-electron chi connectivity index (χ4n) is 1.68. The number of amides is 2. The predicted molar refractivity (Wildman–Crippen MR) is 80.6 cm³/mol. The minimum atomic E-state index is -0.341. The molecule has 0 saturated heterocycles. The predicted octanol–water partition coefficient (Wildman–Crippen LogP) is -0.148. The second-order valence-corrected chi connectivity index (χ2v) is 5.83. The monoisotopic (exact) mass is 294 g/mol. The van der Waals surface area contributed by atoms with Crippen LogP contribution in [-0.4, -0.2) is 28.5 Å². The largest absolute Gasteiger partial charge is 0.398 e. The maximum atomic E-state index is 11.7. The first-order chi connectivity index (χ1) is 9.67. The number of aromatic nitrogens is 1. The van der Waals surface area contributed by atoms with Gasteiger partial charge in [0.05, 0.1) is 0 Å². The number of nitrogens with zero attached hydrogens (tertiary/aromatic N) is 1. The number of anilines is 1. The van der Waals surface area contributed by atoms with E-state index in [0.29, 0.717) is 5.69 Å². The molecule has 7 heteroatoms. The number of rotatable bonds is 5. The van der Waals surface area contributed by atoms with Gasteiger partial charge < -0.3 is 20.9 Å². The third-order valence-corrected chi connectivity index (χ3v) is 2.51. The van der Waals surface area contributed by atoms with Crippen LogP contribution in [0.3, 0.4) is 0 Å². The van der Waals surface area contributed by atoms with E-state index in [9.17, 15) is 14.4 Å². The average Bonchev–Trinajstić information content (AvgIpc) is 2.31. The summed E-state index contributed by atoms with van der Waals surface area (Å²) >= 11 is 0. The molecular formula is C14H22N4O3. The zero-order chi connectivity index (χ0) is 16.0. The second kappa shape index (κ2) is 6.92. The van der Waals surface area contributed by atoms with Crippen molar-refractivity contribution in [3.63, 3.8) is 0 Å². The van der Waals surface area contributed by atoms with Crippen LogP contribution < -0.4 is 21.9 Å². The molecule has 7 nitrogen and oxygen atoms in total. The van der Waals surface area contributed by atoms with E-state index in [4.69, 9.17) is 5.73 Å². The van der Waals surface area contributed by atoms with Crippen molar-refractivity contribution in [1.29, 1.82) is 0 Å². The van der Waals surface area contributed by atoms with Crippen LogP contribution in [0.15, 0.2) is 23.1 Å². The number of hydrogen-bond donors (Lipinski definition) is 3. The Hall–Kier alpha value is -2.31. The molecule has 0 atom stereocenters. The van der Waals surface area contributed by atoms with Gasteiger partial charge in [0.15, 0.2) is 0 Å². The molecule has 0 radical (unpaired) electrons. The summed E-state index contributed by atoms with van der Waals surface area (Å²) < 4.78 is 1.22. The SMILES string of the molecule is CC(C)(C)NC(=O)CCNC(=O)Cn1cc(N)ccc1=O. The molecule has 0 bridgehead atoms. The highest BCUT2D eigenvalue weighted by molar-refractivity contribution is 5.79. The van der Waals surface area contributed by atoms with Gasteiger partial charge in [-0.05, 0) is 26.8 Å². The third kappa shape index (κ3) is 6.60. The first-order valence-electron chi connectivity index (χ1n) is 6.71. The van der Waals surface area contributed by atoms with Gasteiger partial charge in [0.1, 0.15) is 6.54 Å². The second-order valence-electron chi connectivity index (χ2n) is 5.83. The van der Waals surface area contributed by atoms with Crippen LogP contribution in [0.25, 0.3) is 0 Å². The van der Waals surface area contributed by atoms with Crippen molar-refractivity contribution in [1.82, 2.24) is 15.2 Å². The van der Waals surface area contributed by atoms with Crippen LogP contribution in [0.2, 0.25) is 0 Å². The lowest BCUT2D eigenvalue weighted by molar-refractivity contribution is -0.123. The van der Waals surface area contributed by atoms with Crippen LogP contribution in [0.5, 0.6) is 0 Å². The Morgan fingerprint density at radius 1 is 1.24 bits per heavy atom. The minimum absolute atomic E-state index is 0.120. The molecule has 116 valence electrons. The van der Waals surface area contributed by atoms with E-state index in [0.717, 1.165) is 0 Å². The van der Waals surface area contributed by atoms with Crippen molar-refractivity contribution in [3.05, 3.63) is 28.7 Å². The molecule has 1 heterocycles. The van der Waals surface area contributed by atoms with Gasteiger partial charge in [-0.1, -0.05) is 0 Å². The molecule has 0 unspecified atom stereocenters. The first kappa shape index (κ1) is 16.7. The van der Waals surface area contributed by atoms with Gasteiger partial charge in [-0.15, -0.1) is 0 Å². The smallest absolute Gasteiger partial charge is 0.251 e. The summed E-state index contributed by atoms with van der Waals surface area (Å²) in [5, 5.41) is 5.39. The normalized spacial score (nSPS) is 11.0. The van der Waals surface area contributed by atoms with Crippen LogP contribution in [0.1, 0.15) is 27.2 Å². The Labute approximate surface area is 123 Å². The molecule has 0 aliphatic heterocycles. The van der Waals surface area contributed by atoms with E-state index in [1.807, 2.05) is 20.8 Å². The molecule has 0 fully saturated rings. The van der Waals surface area contributed by atoms with E-state index in [-0.39, 0.29) is 42.4 Å². The minimum Gasteiger partial charge on any atom is -0.398 e. The summed E-state index contributed by atoms with van der Waals surface area (Å²) in [7, 11) is 0. The average molecular weight is 294 g/mol. The van der Waals surface area contributed by atoms with E-state index in [1.165, 1.54) is 22.9 Å². The number of nitrogens with one attached hydrogen (secondary N) is 2. The third-order valence-electron chi connectivity index (χ3n) is 2.51. The lowest BCUT2D eigenvalue weighted by atomic mass is 10.1. The van der Waals surface area contributed by atoms with E-state index in [1.54, 1.807) is 0 Å². The lowest BCUT2D eigenvalue weighted by Gasteiger charge is -2.20. The quantitative estimate of drug-likeness (QED) is 0.702. The van der Waals surface area contributed by atoms with E-state index in [2.05, 4.69) is 10.6 Å². The van der Waals surface area contributed by atoms with Crippen molar-refractivity contribution < 1.29 is 9.59 Å². The number of hydrogen-bond acceptors (Lipinski definition) is 4. The molecule has 0 aliphatic carbocycles. The lowest BCUT2D eigenvalue weighted by Crippen LogP contribution is -2.42. The topological polar surface area (TPSA) is 106 Å². The van der Waals surface area contributed by atoms with Crippen molar-refractivity contribution in [2.75, 3.05) is 12.3 Å². The zero-order valence-corrected chi connectivity index (χ0v) is 12.6. The summed E-state index contributed by atoms with van der Waals surface area (Å²) in [5.41, 5.74) is 5.37. The van der Waals surface area contributed by atoms with Crippen molar-refractivity contribution in [3.8, 4) is 0 Å². The molecule has 0 aromatic carbocycles. The Balaban J connectivity index is 2.40. The van der Waals surface area contributed by atoms with Crippen LogP contribution in [0, 0.1) is 0 Å². The van der Waals surface area contributed by atoms with Crippen molar-refractivity contribution >= 4 is 17.5 Å². The van der Waals surface area contributed by atoms with Gasteiger partial charge in [0.25, 0.3) is 5.56 Å². The molecule has 0 aliphatic rings. The van der Waals surface area contributed by atoms with Gasteiger partial charge in [0.2, 0.25) is 11.8 Å². The highest BCUT2D eigenvalue weighted by atomic mass is 16.2. The van der Waals surface area contributed by atoms with E-state index < -0.39 is 0 Å². The highest BCUT2D eigenvalue weighted by Crippen LogP contribution is 1.99. The maximum absolute atomic E-state index is 11.7. The Bertz CT molecular complexity index is 572. The fourth-order valence-corrected chi connectivity index (χ4v) is 1.68.